The van der Waals surface area contributed by atoms with Crippen molar-refractivity contribution in [3.05, 3.63) is 42.0 Å². The van der Waals surface area contributed by atoms with Crippen molar-refractivity contribution in [3.8, 4) is 0 Å². The highest BCUT2D eigenvalue weighted by Crippen LogP contribution is 2.01. The lowest BCUT2D eigenvalue weighted by atomic mass is 10.2. The predicted octanol–water partition coefficient (Wildman–Crippen LogP) is 2.46. The van der Waals surface area contributed by atoms with E-state index in [0.29, 0.717) is 0 Å². The van der Waals surface area contributed by atoms with Crippen LogP contribution in [0.25, 0.3) is 6.08 Å². The first-order valence-corrected chi connectivity index (χ1v) is 7.33. The topological polar surface area (TPSA) is 49.4 Å². The molecule has 0 saturated carbocycles. The van der Waals surface area contributed by atoms with Crippen molar-refractivity contribution in [2.75, 3.05) is 13.6 Å². The molecule has 0 heterocycles. The molecule has 1 atom stereocenters. The minimum atomic E-state index is -0.514. The number of carbonyl (C=O) groups is 2. The van der Waals surface area contributed by atoms with Gasteiger partial charge in [0.1, 0.15) is 6.04 Å². The van der Waals surface area contributed by atoms with Gasteiger partial charge in [-0.3, -0.25) is 9.59 Å². The number of hydrogen-bond acceptors (Lipinski definition) is 2. The summed E-state index contributed by atoms with van der Waals surface area (Å²) >= 11 is 0. The van der Waals surface area contributed by atoms with E-state index in [1.54, 1.807) is 24.9 Å². The maximum absolute atomic E-state index is 12.0. The molecule has 2 amide bonds. The van der Waals surface area contributed by atoms with Gasteiger partial charge in [-0.2, -0.15) is 0 Å². The minimum Gasteiger partial charge on any atom is -0.344 e. The zero-order valence-electron chi connectivity index (χ0n) is 13.0. The number of likely N-dealkylation sites (N-methyl/N-ethyl adjacent to an activating group) is 1. The van der Waals surface area contributed by atoms with Crippen molar-refractivity contribution in [1.29, 1.82) is 0 Å². The second-order valence-electron chi connectivity index (χ2n) is 5.09. The summed E-state index contributed by atoms with van der Waals surface area (Å²) in [6.45, 7) is 4.51. The lowest BCUT2D eigenvalue weighted by Gasteiger charge is -2.21. The largest absolute Gasteiger partial charge is 0.344 e. The normalized spacial score (nSPS) is 12.1. The van der Waals surface area contributed by atoms with Crippen molar-refractivity contribution >= 4 is 17.9 Å². The van der Waals surface area contributed by atoms with Gasteiger partial charge >= 0.3 is 0 Å². The monoisotopic (exact) mass is 288 g/mol. The Morgan fingerprint density at radius 2 is 1.95 bits per heavy atom. The summed E-state index contributed by atoms with van der Waals surface area (Å²) in [5.74, 6) is -0.325. The minimum absolute atomic E-state index is 0.0649. The smallest absolute Gasteiger partial charge is 0.244 e. The van der Waals surface area contributed by atoms with E-state index >= 15 is 0 Å². The van der Waals surface area contributed by atoms with Gasteiger partial charge in [0.15, 0.2) is 0 Å². The van der Waals surface area contributed by atoms with E-state index in [4.69, 9.17) is 0 Å². The highest BCUT2D eigenvalue weighted by molar-refractivity contribution is 5.95. The Labute approximate surface area is 126 Å². The number of amides is 2. The van der Waals surface area contributed by atoms with Crippen LogP contribution in [-0.4, -0.2) is 36.3 Å². The van der Waals surface area contributed by atoms with Crippen LogP contribution in [0.3, 0.4) is 0 Å². The molecular weight excluding hydrogens is 264 g/mol. The van der Waals surface area contributed by atoms with Gasteiger partial charge in [-0.1, -0.05) is 43.7 Å². The molecule has 1 aromatic rings. The summed E-state index contributed by atoms with van der Waals surface area (Å²) < 4.78 is 0. The molecule has 4 nitrogen and oxygen atoms in total. The molecule has 114 valence electrons. The molecule has 1 N–H and O–H groups in total. The first-order chi connectivity index (χ1) is 10.0. The molecule has 4 heteroatoms. The molecule has 1 aromatic carbocycles. The fourth-order valence-corrected chi connectivity index (χ4v) is 1.90. The molecular formula is C17H24N2O2. The number of carbonyl (C=O) groups excluding carboxylic acids is 2. The van der Waals surface area contributed by atoms with E-state index in [-0.39, 0.29) is 11.8 Å². The van der Waals surface area contributed by atoms with Crippen LogP contribution in [0.2, 0.25) is 0 Å². The number of unbranched alkanes of at least 4 members (excludes halogenated alkanes) is 1. The van der Waals surface area contributed by atoms with Gasteiger partial charge in [0.25, 0.3) is 0 Å². The van der Waals surface area contributed by atoms with Crippen LogP contribution in [0.1, 0.15) is 32.3 Å². The maximum Gasteiger partial charge on any atom is 0.244 e. The third kappa shape index (κ3) is 6.25. The molecule has 0 aliphatic rings. The second kappa shape index (κ2) is 8.95. The van der Waals surface area contributed by atoms with Crippen molar-refractivity contribution in [2.24, 2.45) is 0 Å². The molecule has 0 spiro atoms. The molecule has 0 saturated heterocycles. The van der Waals surface area contributed by atoms with E-state index < -0.39 is 6.04 Å². The Morgan fingerprint density at radius 1 is 1.29 bits per heavy atom. The lowest BCUT2D eigenvalue weighted by Crippen LogP contribution is -2.45. The van der Waals surface area contributed by atoms with Crippen molar-refractivity contribution in [1.82, 2.24) is 10.2 Å². The summed E-state index contributed by atoms with van der Waals surface area (Å²) in [7, 11) is 1.76. The maximum atomic E-state index is 12.0. The van der Waals surface area contributed by atoms with Gasteiger partial charge in [-0.25, -0.2) is 0 Å². The van der Waals surface area contributed by atoms with Crippen LogP contribution in [0.4, 0.5) is 0 Å². The van der Waals surface area contributed by atoms with Gasteiger partial charge in [0, 0.05) is 19.7 Å². The number of hydrogen-bond donors (Lipinski definition) is 1. The molecule has 0 aliphatic carbocycles. The lowest BCUT2D eigenvalue weighted by molar-refractivity contribution is -0.134. The quantitative estimate of drug-likeness (QED) is 0.784. The average Bonchev–Trinajstić information content (AvgIpc) is 2.50. The van der Waals surface area contributed by atoms with Crippen LogP contribution in [0, 0.1) is 0 Å². The number of nitrogens with zero attached hydrogens (tertiary/aromatic N) is 1. The summed E-state index contributed by atoms with van der Waals surface area (Å²) in [6.07, 6.45) is 5.19. The zero-order valence-corrected chi connectivity index (χ0v) is 13.0. The molecule has 0 bridgehead atoms. The van der Waals surface area contributed by atoms with E-state index in [9.17, 15) is 9.59 Å². The molecule has 0 aliphatic heterocycles. The Kier molecular flexibility index (Phi) is 7.23. The molecule has 0 aromatic heterocycles. The van der Waals surface area contributed by atoms with E-state index in [2.05, 4.69) is 12.2 Å². The highest BCUT2D eigenvalue weighted by atomic mass is 16.2. The number of rotatable bonds is 7. The fourth-order valence-electron chi connectivity index (χ4n) is 1.90. The van der Waals surface area contributed by atoms with Gasteiger partial charge in [0.2, 0.25) is 11.8 Å². The van der Waals surface area contributed by atoms with Crippen LogP contribution in [-0.2, 0) is 9.59 Å². The van der Waals surface area contributed by atoms with E-state index in [1.807, 2.05) is 30.3 Å². The first-order valence-electron chi connectivity index (χ1n) is 7.33. The van der Waals surface area contributed by atoms with E-state index in [0.717, 1.165) is 24.9 Å². The number of nitrogens with one attached hydrogen (secondary N) is 1. The third-order valence-electron chi connectivity index (χ3n) is 3.18. The highest BCUT2D eigenvalue weighted by Gasteiger charge is 2.17. The van der Waals surface area contributed by atoms with Gasteiger partial charge in [-0.05, 0) is 25.0 Å². The van der Waals surface area contributed by atoms with Crippen LogP contribution in [0.5, 0.6) is 0 Å². The van der Waals surface area contributed by atoms with Crippen LogP contribution in [0.15, 0.2) is 36.4 Å². The van der Waals surface area contributed by atoms with Gasteiger partial charge in [0.05, 0.1) is 0 Å². The summed E-state index contributed by atoms with van der Waals surface area (Å²) in [6, 6.07) is 9.05. The Hall–Kier alpha value is -2.10. The average molecular weight is 288 g/mol. The zero-order chi connectivity index (χ0) is 15.7. The Bertz CT molecular complexity index is 483. The van der Waals surface area contributed by atoms with Crippen molar-refractivity contribution in [2.45, 2.75) is 32.7 Å². The molecule has 1 unspecified atom stereocenters. The Morgan fingerprint density at radius 3 is 2.57 bits per heavy atom. The standard InChI is InChI=1S/C17H24N2O2/c1-4-5-13-19(3)17(21)14(2)18-16(20)12-11-15-9-7-6-8-10-15/h6-12,14H,4-5,13H2,1-3H3,(H,18,20)/b12-11+. The predicted molar refractivity (Wildman–Crippen MR) is 85.6 cm³/mol. The van der Waals surface area contributed by atoms with Crippen LogP contribution < -0.4 is 5.32 Å². The van der Waals surface area contributed by atoms with Crippen LogP contribution >= 0.6 is 0 Å². The fraction of sp³-hybridized carbons (Fsp3) is 0.412. The molecule has 21 heavy (non-hydrogen) atoms. The third-order valence-corrected chi connectivity index (χ3v) is 3.18. The Balaban J connectivity index is 2.46. The molecule has 1 rings (SSSR count). The molecule has 0 fully saturated rings. The van der Waals surface area contributed by atoms with Crippen molar-refractivity contribution in [3.63, 3.8) is 0 Å². The van der Waals surface area contributed by atoms with Crippen molar-refractivity contribution < 1.29 is 9.59 Å². The van der Waals surface area contributed by atoms with Gasteiger partial charge < -0.3 is 10.2 Å². The summed E-state index contributed by atoms with van der Waals surface area (Å²) in [4.78, 5) is 25.5. The second-order valence-corrected chi connectivity index (χ2v) is 5.09. The summed E-state index contributed by atoms with van der Waals surface area (Å²) in [5, 5.41) is 2.69. The van der Waals surface area contributed by atoms with E-state index in [1.165, 1.54) is 6.08 Å². The first kappa shape index (κ1) is 17.0. The number of benzene rings is 1. The molecule has 0 radical (unpaired) electrons. The SMILES string of the molecule is CCCCN(C)C(=O)C(C)NC(=O)/C=C/c1ccccc1. The van der Waals surface area contributed by atoms with Gasteiger partial charge in [-0.15, -0.1) is 0 Å². The summed E-state index contributed by atoms with van der Waals surface area (Å²) in [5.41, 5.74) is 0.951.